The minimum atomic E-state index is -0.508. The van der Waals surface area contributed by atoms with E-state index in [1.54, 1.807) is 61.8 Å². The second-order valence-corrected chi connectivity index (χ2v) is 10.5. The number of ketones is 1. The Morgan fingerprint density at radius 2 is 1.82 bits per heavy atom. The second kappa shape index (κ2) is 11.4. The molecule has 13 heteroatoms. The largest absolute Gasteiger partial charge is 0.497 e. The number of fused-ring (bicyclic) bond motifs is 1. The van der Waals surface area contributed by atoms with Gasteiger partial charge in [-0.3, -0.25) is 29.3 Å². The van der Waals surface area contributed by atoms with Crippen LogP contribution in [0.25, 0.3) is 11.0 Å². The zero-order valence-electron chi connectivity index (χ0n) is 22.4. The van der Waals surface area contributed by atoms with Crippen molar-refractivity contribution in [3.63, 3.8) is 0 Å². The molecule has 0 aliphatic carbocycles. The quantitative estimate of drug-likeness (QED) is 0.323. The zero-order chi connectivity index (χ0) is 28.4. The van der Waals surface area contributed by atoms with Gasteiger partial charge in [0.1, 0.15) is 22.7 Å². The zero-order valence-corrected chi connectivity index (χ0v) is 23.2. The summed E-state index contributed by atoms with van der Waals surface area (Å²) in [6, 6.07) is 6.87. The molecule has 1 saturated heterocycles. The van der Waals surface area contributed by atoms with Crippen LogP contribution in [-0.4, -0.2) is 67.1 Å². The Kier molecular flexibility index (Phi) is 7.74. The molecule has 0 bridgehead atoms. The van der Waals surface area contributed by atoms with Gasteiger partial charge in [-0.1, -0.05) is 0 Å². The summed E-state index contributed by atoms with van der Waals surface area (Å²) in [6.07, 6.45) is 3.31. The normalized spacial score (nSPS) is 13.9. The Hall–Kier alpha value is -4.39. The van der Waals surface area contributed by atoms with Crippen molar-refractivity contribution < 1.29 is 19.1 Å². The minimum absolute atomic E-state index is 0.0421. The van der Waals surface area contributed by atoms with Crippen LogP contribution in [0.15, 0.2) is 40.6 Å². The van der Waals surface area contributed by atoms with Crippen LogP contribution in [0.2, 0.25) is 0 Å². The second-order valence-electron chi connectivity index (χ2n) is 9.66. The number of hydrogen-bond acceptors (Lipinski definition) is 9. The molecule has 1 aromatic carbocycles. The maximum atomic E-state index is 12.9. The van der Waals surface area contributed by atoms with E-state index < -0.39 is 11.5 Å². The molecule has 1 aliphatic rings. The molecule has 40 heavy (non-hydrogen) atoms. The van der Waals surface area contributed by atoms with Gasteiger partial charge < -0.3 is 9.64 Å². The number of benzene rings is 1. The van der Waals surface area contributed by atoms with E-state index in [1.807, 2.05) is 0 Å². The number of methoxy groups -OCH3 is 1. The predicted molar refractivity (Wildman–Crippen MR) is 148 cm³/mol. The van der Waals surface area contributed by atoms with Crippen molar-refractivity contribution in [2.75, 3.05) is 25.6 Å². The molecule has 1 fully saturated rings. The Balaban J connectivity index is 1.14. The SMILES string of the molecule is COc1ccc(C(=O)CCC(=O)N2CCC(c3nc(C(=O)Nn4c(C)nc5nn(C)cc5c4=O)cs3)CC2)cc1. The number of likely N-dealkylation sites (tertiary alicyclic amines) is 1. The number of carbonyl (C=O) groups is 3. The van der Waals surface area contributed by atoms with Gasteiger partial charge in [-0.15, -0.1) is 11.3 Å². The average Bonchev–Trinajstić information content (AvgIpc) is 3.61. The van der Waals surface area contributed by atoms with Gasteiger partial charge in [0.15, 0.2) is 11.4 Å². The standard InChI is InChI=1S/C27H29N7O5S/c1-16-28-24-20(14-32(2)30-24)27(38)34(16)31-25(37)21-15-40-26(29-21)18-10-12-33(13-11-18)23(36)9-8-22(35)17-4-6-19(39-3)7-5-17/h4-7,14-15,18H,8-13H2,1-3H3,(H,31,37). The number of Topliss-reactive ketones (excluding diaryl/α,β-unsaturated/α-hetero) is 1. The Morgan fingerprint density at radius 1 is 1.10 bits per heavy atom. The summed E-state index contributed by atoms with van der Waals surface area (Å²) in [6.45, 7) is 2.74. The van der Waals surface area contributed by atoms with Crippen molar-refractivity contribution in [1.82, 2.24) is 29.3 Å². The summed E-state index contributed by atoms with van der Waals surface area (Å²) < 4.78 is 7.72. The van der Waals surface area contributed by atoms with Crippen molar-refractivity contribution in [3.8, 4) is 5.75 Å². The summed E-state index contributed by atoms with van der Waals surface area (Å²) in [5.74, 6) is 0.477. The first-order valence-corrected chi connectivity index (χ1v) is 13.8. The molecule has 5 rings (SSSR count). The average molecular weight is 564 g/mol. The summed E-state index contributed by atoms with van der Waals surface area (Å²) >= 11 is 1.39. The van der Waals surface area contributed by atoms with Crippen LogP contribution in [0.3, 0.4) is 0 Å². The lowest BCUT2D eigenvalue weighted by Crippen LogP contribution is -2.38. The number of nitrogens with zero attached hydrogens (tertiary/aromatic N) is 6. The van der Waals surface area contributed by atoms with E-state index in [1.165, 1.54) is 16.0 Å². The predicted octanol–water partition coefficient (Wildman–Crippen LogP) is 2.66. The van der Waals surface area contributed by atoms with Crippen molar-refractivity contribution in [3.05, 3.63) is 68.3 Å². The lowest BCUT2D eigenvalue weighted by atomic mass is 9.97. The highest BCUT2D eigenvalue weighted by atomic mass is 32.1. The smallest absolute Gasteiger partial charge is 0.289 e. The lowest BCUT2D eigenvalue weighted by molar-refractivity contribution is -0.132. The molecular weight excluding hydrogens is 534 g/mol. The van der Waals surface area contributed by atoms with Crippen molar-refractivity contribution in [1.29, 1.82) is 0 Å². The van der Waals surface area contributed by atoms with Gasteiger partial charge in [-0.05, 0) is 44.0 Å². The molecule has 1 aliphatic heterocycles. The van der Waals surface area contributed by atoms with Crippen LogP contribution >= 0.6 is 11.3 Å². The van der Waals surface area contributed by atoms with Gasteiger partial charge in [0.2, 0.25) is 5.91 Å². The van der Waals surface area contributed by atoms with Crippen LogP contribution in [0.4, 0.5) is 0 Å². The molecule has 0 unspecified atom stereocenters. The molecule has 3 aromatic heterocycles. The molecular formula is C27H29N7O5S. The highest BCUT2D eigenvalue weighted by Crippen LogP contribution is 2.30. The summed E-state index contributed by atoms with van der Waals surface area (Å²) in [5.41, 5.74) is 3.28. The van der Waals surface area contributed by atoms with Crippen LogP contribution in [-0.2, 0) is 11.8 Å². The highest BCUT2D eigenvalue weighted by molar-refractivity contribution is 7.09. The Morgan fingerprint density at radius 3 is 2.52 bits per heavy atom. The number of aromatic nitrogens is 5. The minimum Gasteiger partial charge on any atom is -0.497 e. The van der Waals surface area contributed by atoms with E-state index in [0.717, 1.165) is 9.68 Å². The van der Waals surface area contributed by atoms with Crippen LogP contribution in [0.1, 0.15) is 63.3 Å². The van der Waals surface area contributed by atoms with Crippen LogP contribution in [0.5, 0.6) is 5.75 Å². The lowest BCUT2D eigenvalue weighted by Gasteiger charge is -2.31. The van der Waals surface area contributed by atoms with Gasteiger partial charge in [0.25, 0.3) is 11.5 Å². The molecule has 0 spiro atoms. The van der Waals surface area contributed by atoms with E-state index in [9.17, 15) is 19.2 Å². The maximum Gasteiger partial charge on any atom is 0.289 e. The number of hydrogen-bond donors (Lipinski definition) is 1. The summed E-state index contributed by atoms with van der Waals surface area (Å²) in [7, 11) is 3.26. The topological polar surface area (TPSA) is 141 Å². The highest BCUT2D eigenvalue weighted by Gasteiger charge is 2.27. The first-order valence-electron chi connectivity index (χ1n) is 12.9. The number of ether oxygens (including phenoxy) is 1. The van der Waals surface area contributed by atoms with Gasteiger partial charge in [-0.25, -0.2) is 14.6 Å². The number of rotatable bonds is 8. The fourth-order valence-electron chi connectivity index (χ4n) is 4.73. The van der Waals surface area contributed by atoms with E-state index in [4.69, 9.17) is 4.74 Å². The van der Waals surface area contributed by atoms with Gasteiger partial charge >= 0.3 is 0 Å². The van der Waals surface area contributed by atoms with Gasteiger partial charge in [0, 0.05) is 56.0 Å². The molecule has 2 amide bonds. The third-order valence-electron chi connectivity index (χ3n) is 6.98. The van der Waals surface area contributed by atoms with Gasteiger partial charge in [-0.2, -0.15) is 5.10 Å². The third kappa shape index (κ3) is 5.64. The van der Waals surface area contributed by atoms with E-state index in [2.05, 4.69) is 20.5 Å². The number of nitrogens with one attached hydrogen (secondary N) is 1. The van der Waals surface area contributed by atoms with E-state index in [0.29, 0.717) is 54.1 Å². The number of amides is 2. The molecule has 0 radical (unpaired) electrons. The molecule has 4 heterocycles. The number of thiazole rings is 1. The first-order chi connectivity index (χ1) is 19.2. The number of carbonyl (C=O) groups excluding carboxylic acids is 3. The summed E-state index contributed by atoms with van der Waals surface area (Å²) in [4.78, 5) is 61.5. The van der Waals surface area contributed by atoms with Crippen molar-refractivity contribution in [2.45, 2.75) is 38.5 Å². The fourth-order valence-corrected chi connectivity index (χ4v) is 5.70. The monoisotopic (exact) mass is 563 g/mol. The molecule has 0 saturated carbocycles. The third-order valence-corrected chi connectivity index (χ3v) is 7.98. The molecule has 4 aromatic rings. The Labute approximate surface area is 233 Å². The Bertz CT molecular complexity index is 1630. The molecule has 0 atom stereocenters. The number of piperidine rings is 1. The fraction of sp³-hybridized carbons (Fsp3) is 0.370. The molecule has 12 nitrogen and oxygen atoms in total. The number of aryl methyl sites for hydroxylation is 2. The van der Waals surface area contributed by atoms with Crippen LogP contribution in [0, 0.1) is 6.92 Å². The van der Waals surface area contributed by atoms with Crippen molar-refractivity contribution >= 4 is 40.0 Å². The summed E-state index contributed by atoms with van der Waals surface area (Å²) in [5, 5.41) is 6.94. The first kappa shape index (κ1) is 27.2. The molecule has 1 N–H and O–H groups in total. The van der Waals surface area contributed by atoms with Crippen molar-refractivity contribution in [2.24, 2.45) is 7.05 Å². The maximum absolute atomic E-state index is 12.9. The van der Waals surface area contributed by atoms with Crippen LogP contribution < -0.4 is 15.7 Å². The molecule has 208 valence electrons. The van der Waals surface area contributed by atoms with E-state index >= 15 is 0 Å². The van der Waals surface area contributed by atoms with E-state index in [-0.39, 0.29) is 36.1 Å². The van der Waals surface area contributed by atoms with Gasteiger partial charge in [0.05, 0.1) is 12.1 Å².